The molecule has 2 aromatic heterocycles. The van der Waals surface area contributed by atoms with Crippen molar-refractivity contribution in [1.29, 1.82) is 0 Å². The Hall–Kier alpha value is -2.05. The molecule has 0 fully saturated rings. The molecule has 3 aromatic rings. The molecule has 0 saturated carbocycles. The summed E-state index contributed by atoms with van der Waals surface area (Å²) in [4.78, 5) is 12.1. The molecule has 8 heteroatoms. The third kappa shape index (κ3) is 2.72. The largest absolute Gasteiger partial charge is 0.336 e. The van der Waals surface area contributed by atoms with Gasteiger partial charge in [0.15, 0.2) is 5.82 Å². The normalized spacial score (nSPS) is 10.9. The zero-order chi connectivity index (χ0) is 15.0. The topological polar surface area (TPSA) is 50.7 Å². The molecule has 1 aromatic carbocycles. The van der Waals surface area contributed by atoms with E-state index >= 15 is 0 Å². The summed E-state index contributed by atoms with van der Waals surface area (Å²) in [6.45, 7) is 0. The van der Waals surface area contributed by atoms with Crippen LogP contribution in [-0.4, -0.2) is 15.0 Å². The first kappa shape index (κ1) is 13.9. The number of aromatic nitrogens is 3. The minimum absolute atomic E-state index is 0.0248. The smallest absolute Gasteiger partial charge is 0.160 e. The summed E-state index contributed by atoms with van der Waals surface area (Å²) in [6.07, 6.45) is 1.29. The third-order valence-electron chi connectivity index (χ3n) is 2.71. The van der Waals surface area contributed by atoms with Crippen LogP contribution in [0.3, 0.4) is 0 Å². The Morgan fingerprint density at radius 3 is 2.62 bits per heavy atom. The number of nitrogens with zero attached hydrogens (tertiary/aromatic N) is 3. The highest BCUT2D eigenvalue weighted by Gasteiger charge is 2.12. The van der Waals surface area contributed by atoms with Gasteiger partial charge in [-0.2, -0.15) is 0 Å². The Labute approximate surface area is 127 Å². The van der Waals surface area contributed by atoms with Gasteiger partial charge in [0, 0.05) is 6.07 Å². The predicted molar refractivity (Wildman–Crippen MR) is 77.0 cm³/mol. The van der Waals surface area contributed by atoms with Crippen LogP contribution in [0, 0.1) is 11.6 Å². The average Bonchev–Trinajstić information content (AvgIpc) is 2.45. The van der Waals surface area contributed by atoms with E-state index in [9.17, 15) is 8.78 Å². The molecule has 0 spiro atoms. The third-order valence-corrected chi connectivity index (χ3v) is 3.21. The second-order valence-electron chi connectivity index (χ2n) is 4.10. The van der Waals surface area contributed by atoms with Gasteiger partial charge in [-0.3, -0.25) is 0 Å². The SMILES string of the molecule is Fc1cc(F)c(Nc2ncnc3ccc(Cl)nc23)cc1Cl. The Kier molecular flexibility index (Phi) is 3.57. The average molecular weight is 327 g/mol. The van der Waals surface area contributed by atoms with E-state index in [1.165, 1.54) is 6.33 Å². The lowest BCUT2D eigenvalue weighted by Gasteiger charge is -2.09. The maximum Gasteiger partial charge on any atom is 0.160 e. The zero-order valence-corrected chi connectivity index (χ0v) is 11.8. The van der Waals surface area contributed by atoms with Gasteiger partial charge in [0.25, 0.3) is 0 Å². The van der Waals surface area contributed by atoms with E-state index in [0.29, 0.717) is 17.1 Å². The molecule has 106 valence electrons. The van der Waals surface area contributed by atoms with E-state index in [2.05, 4.69) is 20.3 Å². The van der Waals surface area contributed by atoms with Crippen molar-refractivity contribution in [3.05, 3.63) is 52.4 Å². The van der Waals surface area contributed by atoms with E-state index in [1.54, 1.807) is 12.1 Å². The fourth-order valence-corrected chi connectivity index (χ4v) is 2.06. The number of nitrogens with one attached hydrogen (secondary N) is 1. The van der Waals surface area contributed by atoms with Crippen molar-refractivity contribution in [3.63, 3.8) is 0 Å². The molecule has 4 nitrogen and oxygen atoms in total. The number of anilines is 2. The van der Waals surface area contributed by atoms with Crippen molar-refractivity contribution in [2.24, 2.45) is 0 Å². The lowest BCUT2D eigenvalue weighted by atomic mass is 10.2. The predicted octanol–water partition coefficient (Wildman–Crippen LogP) is 4.35. The lowest BCUT2D eigenvalue weighted by Crippen LogP contribution is -2.00. The molecule has 0 atom stereocenters. The van der Waals surface area contributed by atoms with Crippen LogP contribution in [0.1, 0.15) is 0 Å². The zero-order valence-electron chi connectivity index (χ0n) is 10.2. The van der Waals surface area contributed by atoms with Crippen LogP contribution in [0.15, 0.2) is 30.6 Å². The summed E-state index contributed by atoms with van der Waals surface area (Å²) in [5.41, 5.74) is 0.874. The molecule has 0 saturated heterocycles. The van der Waals surface area contributed by atoms with Crippen molar-refractivity contribution < 1.29 is 8.78 Å². The molecule has 1 N–H and O–H groups in total. The van der Waals surface area contributed by atoms with Gasteiger partial charge in [0.1, 0.15) is 28.6 Å². The van der Waals surface area contributed by atoms with Gasteiger partial charge >= 0.3 is 0 Å². The number of hydrogen-bond acceptors (Lipinski definition) is 4. The van der Waals surface area contributed by atoms with Crippen LogP contribution in [0.25, 0.3) is 11.0 Å². The molecule has 21 heavy (non-hydrogen) atoms. The standard InChI is InChI=1S/C13H6Cl2F2N4/c14-6-3-10(8(17)4-7(6)16)20-13-12-9(18-5-19-13)1-2-11(15)21-12/h1-5H,(H,18,19,20). The number of pyridine rings is 1. The van der Waals surface area contributed by atoms with Gasteiger partial charge in [-0.15, -0.1) is 0 Å². The van der Waals surface area contributed by atoms with Gasteiger partial charge in [0.05, 0.1) is 16.2 Å². The monoisotopic (exact) mass is 326 g/mol. The molecule has 0 amide bonds. The van der Waals surface area contributed by atoms with E-state index in [-0.39, 0.29) is 21.7 Å². The van der Waals surface area contributed by atoms with Crippen LogP contribution in [0.2, 0.25) is 10.2 Å². The number of hydrogen-bond donors (Lipinski definition) is 1. The number of halogens is 4. The summed E-state index contributed by atoms with van der Waals surface area (Å²) in [7, 11) is 0. The van der Waals surface area contributed by atoms with E-state index in [0.717, 1.165) is 6.07 Å². The van der Waals surface area contributed by atoms with E-state index < -0.39 is 11.6 Å². The quantitative estimate of drug-likeness (QED) is 0.561. The molecule has 0 radical (unpaired) electrons. The molecule has 0 bridgehead atoms. The minimum Gasteiger partial charge on any atom is -0.336 e. The van der Waals surface area contributed by atoms with Gasteiger partial charge in [-0.1, -0.05) is 23.2 Å². The highest BCUT2D eigenvalue weighted by atomic mass is 35.5. The fourth-order valence-electron chi connectivity index (χ4n) is 1.75. The Balaban J connectivity index is 2.10. The molecule has 0 unspecified atom stereocenters. The van der Waals surface area contributed by atoms with Gasteiger partial charge in [0.2, 0.25) is 0 Å². The molecular weight excluding hydrogens is 321 g/mol. The Bertz CT molecular complexity index is 842. The van der Waals surface area contributed by atoms with E-state index in [1.807, 2.05) is 0 Å². The summed E-state index contributed by atoms with van der Waals surface area (Å²) in [6, 6.07) is 5.06. The Morgan fingerprint density at radius 1 is 1.00 bits per heavy atom. The summed E-state index contributed by atoms with van der Waals surface area (Å²) in [5, 5.41) is 2.75. The first-order valence-electron chi connectivity index (χ1n) is 5.73. The molecular formula is C13H6Cl2F2N4. The maximum atomic E-state index is 13.7. The molecule has 3 rings (SSSR count). The van der Waals surface area contributed by atoms with Gasteiger partial charge in [-0.05, 0) is 18.2 Å². The van der Waals surface area contributed by atoms with Crippen LogP contribution in [0.4, 0.5) is 20.3 Å². The second-order valence-corrected chi connectivity index (χ2v) is 4.89. The van der Waals surface area contributed by atoms with Crippen molar-refractivity contribution in [2.75, 3.05) is 5.32 Å². The van der Waals surface area contributed by atoms with Crippen LogP contribution in [0.5, 0.6) is 0 Å². The summed E-state index contributed by atoms with van der Waals surface area (Å²) < 4.78 is 26.9. The van der Waals surface area contributed by atoms with Crippen LogP contribution < -0.4 is 5.32 Å². The number of fused-ring (bicyclic) bond motifs is 1. The van der Waals surface area contributed by atoms with E-state index in [4.69, 9.17) is 23.2 Å². The minimum atomic E-state index is -0.839. The van der Waals surface area contributed by atoms with Crippen LogP contribution in [-0.2, 0) is 0 Å². The first-order chi connectivity index (χ1) is 10.0. The first-order valence-corrected chi connectivity index (χ1v) is 6.49. The second kappa shape index (κ2) is 5.38. The molecule has 0 aliphatic rings. The lowest BCUT2D eigenvalue weighted by molar-refractivity contribution is 0.586. The van der Waals surface area contributed by atoms with Gasteiger partial charge < -0.3 is 5.32 Å². The summed E-state index contributed by atoms with van der Waals surface area (Å²) >= 11 is 11.5. The molecule has 2 heterocycles. The van der Waals surface area contributed by atoms with Crippen molar-refractivity contribution in [2.45, 2.75) is 0 Å². The summed E-state index contributed by atoms with van der Waals surface area (Å²) in [5.74, 6) is -1.40. The Morgan fingerprint density at radius 2 is 1.81 bits per heavy atom. The fraction of sp³-hybridized carbons (Fsp3) is 0. The number of rotatable bonds is 2. The van der Waals surface area contributed by atoms with Gasteiger partial charge in [-0.25, -0.2) is 23.7 Å². The van der Waals surface area contributed by atoms with Crippen LogP contribution >= 0.6 is 23.2 Å². The molecule has 0 aliphatic heterocycles. The highest BCUT2D eigenvalue weighted by molar-refractivity contribution is 6.31. The van der Waals surface area contributed by atoms with Crippen molar-refractivity contribution >= 4 is 45.7 Å². The van der Waals surface area contributed by atoms with Crippen molar-refractivity contribution in [3.8, 4) is 0 Å². The van der Waals surface area contributed by atoms with Crippen molar-refractivity contribution in [1.82, 2.24) is 15.0 Å². The highest BCUT2D eigenvalue weighted by Crippen LogP contribution is 2.28. The number of benzene rings is 1. The molecule has 0 aliphatic carbocycles. The maximum absolute atomic E-state index is 13.7.